The molecule has 1 heterocycles. The standard InChI is InChI=1S/C17H26N2O3/c1-3-15(12-21-2)19-17(20)18-11-14-9-10-22-16(14)13-7-5-4-6-8-13/h4-8,14-16H,3,9-12H2,1-2H3,(H2,18,19,20)/t14-,15?,16-/m1/s1. The maximum atomic E-state index is 12.0. The molecule has 0 bridgehead atoms. The monoisotopic (exact) mass is 306 g/mol. The quantitative estimate of drug-likeness (QED) is 0.813. The Kier molecular flexibility index (Phi) is 6.68. The van der Waals surface area contributed by atoms with Crippen LogP contribution in [-0.4, -0.2) is 38.9 Å². The molecule has 0 saturated carbocycles. The summed E-state index contributed by atoms with van der Waals surface area (Å²) in [7, 11) is 1.64. The van der Waals surface area contributed by atoms with Crippen molar-refractivity contribution in [2.24, 2.45) is 5.92 Å². The van der Waals surface area contributed by atoms with Gasteiger partial charge in [0, 0.05) is 26.2 Å². The van der Waals surface area contributed by atoms with Crippen LogP contribution in [0.25, 0.3) is 0 Å². The van der Waals surface area contributed by atoms with E-state index in [9.17, 15) is 4.79 Å². The van der Waals surface area contributed by atoms with E-state index in [-0.39, 0.29) is 18.2 Å². The van der Waals surface area contributed by atoms with E-state index in [4.69, 9.17) is 9.47 Å². The van der Waals surface area contributed by atoms with Crippen molar-refractivity contribution in [3.05, 3.63) is 35.9 Å². The average molecular weight is 306 g/mol. The summed E-state index contributed by atoms with van der Waals surface area (Å²) in [4.78, 5) is 12.0. The Morgan fingerprint density at radius 1 is 1.41 bits per heavy atom. The van der Waals surface area contributed by atoms with E-state index < -0.39 is 0 Å². The number of benzene rings is 1. The summed E-state index contributed by atoms with van der Waals surface area (Å²) in [6.45, 7) is 3.92. The number of hydrogen-bond donors (Lipinski definition) is 2. The van der Waals surface area contributed by atoms with E-state index >= 15 is 0 Å². The zero-order chi connectivity index (χ0) is 15.8. The van der Waals surface area contributed by atoms with E-state index in [1.54, 1.807) is 7.11 Å². The zero-order valence-corrected chi connectivity index (χ0v) is 13.4. The van der Waals surface area contributed by atoms with Gasteiger partial charge >= 0.3 is 6.03 Å². The van der Waals surface area contributed by atoms with Crippen LogP contribution < -0.4 is 10.6 Å². The van der Waals surface area contributed by atoms with E-state index in [2.05, 4.69) is 22.8 Å². The number of methoxy groups -OCH3 is 1. The molecule has 3 atom stereocenters. The fraction of sp³-hybridized carbons (Fsp3) is 0.588. The van der Waals surface area contributed by atoms with Crippen LogP contribution in [0.1, 0.15) is 31.4 Å². The lowest BCUT2D eigenvalue weighted by Gasteiger charge is -2.21. The van der Waals surface area contributed by atoms with Gasteiger partial charge in [-0.25, -0.2) is 4.79 Å². The van der Waals surface area contributed by atoms with Gasteiger partial charge in [-0.1, -0.05) is 37.3 Å². The lowest BCUT2D eigenvalue weighted by Crippen LogP contribution is -2.45. The molecule has 2 N–H and O–H groups in total. The highest BCUT2D eigenvalue weighted by Crippen LogP contribution is 2.33. The van der Waals surface area contributed by atoms with Crippen LogP contribution in [0.15, 0.2) is 30.3 Å². The molecule has 0 aliphatic carbocycles. The zero-order valence-electron chi connectivity index (χ0n) is 13.4. The molecule has 1 fully saturated rings. The summed E-state index contributed by atoms with van der Waals surface area (Å²) in [6, 6.07) is 10.1. The Balaban J connectivity index is 1.81. The Bertz CT molecular complexity index is 452. The average Bonchev–Trinajstić information content (AvgIpc) is 3.02. The minimum atomic E-state index is -0.136. The van der Waals surface area contributed by atoms with Gasteiger partial charge in [0.25, 0.3) is 0 Å². The number of carbonyl (C=O) groups is 1. The molecule has 1 aromatic carbocycles. The minimum absolute atomic E-state index is 0.0507. The highest BCUT2D eigenvalue weighted by atomic mass is 16.5. The van der Waals surface area contributed by atoms with Crippen molar-refractivity contribution in [2.75, 3.05) is 26.9 Å². The van der Waals surface area contributed by atoms with E-state index in [1.807, 2.05) is 25.1 Å². The molecule has 1 aromatic rings. The van der Waals surface area contributed by atoms with Gasteiger partial charge in [-0.05, 0) is 18.4 Å². The van der Waals surface area contributed by atoms with Crippen LogP contribution in [0.3, 0.4) is 0 Å². The Morgan fingerprint density at radius 2 is 2.18 bits per heavy atom. The number of urea groups is 1. The van der Waals surface area contributed by atoms with Gasteiger partial charge in [-0.2, -0.15) is 0 Å². The Hall–Kier alpha value is -1.59. The topological polar surface area (TPSA) is 59.6 Å². The molecule has 1 unspecified atom stereocenters. The lowest BCUT2D eigenvalue weighted by molar-refractivity contribution is 0.0908. The van der Waals surface area contributed by atoms with Crippen LogP contribution in [0, 0.1) is 5.92 Å². The van der Waals surface area contributed by atoms with Gasteiger partial charge in [-0.15, -0.1) is 0 Å². The van der Waals surface area contributed by atoms with E-state index in [0.717, 1.165) is 19.4 Å². The highest BCUT2D eigenvalue weighted by molar-refractivity contribution is 5.74. The smallest absolute Gasteiger partial charge is 0.315 e. The molecule has 2 rings (SSSR count). The van der Waals surface area contributed by atoms with Gasteiger partial charge in [0.2, 0.25) is 0 Å². The second-order valence-corrected chi connectivity index (χ2v) is 5.67. The summed E-state index contributed by atoms with van der Waals surface area (Å²) in [5.74, 6) is 0.315. The fourth-order valence-electron chi connectivity index (χ4n) is 2.78. The van der Waals surface area contributed by atoms with Crippen LogP contribution >= 0.6 is 0 Å². The van der Waals surface area contributed by atoms with Gasteiger partial charge in [0.05, 0.1) is 18.8 Å². The van der Waals surface area contributed by atoms with E-state index in [0.29, 0.717) is 19.1 Å². The first-order valence-corrected chi connectivity index (χ1v) is 7.94. The summed E-state index contributed by atoms with van der Waals surface area (Å²) >= 11 is 0. The van der Waals surface area contributed by atoms with Gasteiger partial charge < -0.3 is 20.1 Å². The summed E-state index contributed by atoms with van der Waals surface area (Å²) in [6.07, 6.45) is 1.89. The highest BCUT2D eigenvalue weighted by Gasteiger charge is 2.29. The minimum Gasteiger partial charge on any atom is -0.383 e. The van der Waals surface area contributed by atoms with Crippen LogP contribution in [0.2, 0.25) is 0 Å². The van der Waals surface area contributed by atoms with Crippen LogP contribution in [0.4, 0.5) is 4.79 Å². The van der Waals surface area contributed by atoms with Gasteiger partial charge in [0.15, 0.2) is 0 Å². The van der Waals surface area contributed by atoms with Crippen molar-refractivity contribution in [3.8, 4) is 0 Å². The maximum Gasteiger partial charge on any atom is 0.315 e. The maximum absolute atomic E-state index is 12.0. The summed E-state index contributed by atoms with van der Waals surface area (Å²) in [5.41, 5.74) is 1.18. The Labute approximate surface area is 132 Å². The van der Waals surface area contributed by atoms with Crippen molar-refractivity contribution in [1.29, 1.82) is 0 Å². The molecular weight excluding hydrogens is 280 g/mol. The predicted molar refractivity (Wildman–Crippen MR) is 85.7 cm³/mol. The number of amides is 2. The van der Waals surface area contributed by atoms with Crippen molar-refractivity contribution in [2.45, 2.75) is 31.9 Å². The third kappa shape index (κ3) is 4.71. The molecule has 0 spiro atoms. The van der Waals surface area contributed by atoms with E-state index in [1.165, 1.54) is 5.56 Å². The first-order chi connectivity index (χ1) is 10.7. The molecule has 122 valence electrons. The second kappa shape index (κ2) is 8.76. The van der Waals surface area contributed by atoms with Crippen LogP contribution in [0.5, 0.6) is 0 Å². The number of nitrogens with one attached hydrogen (secondary N) is 2. The number of hydrogen-bond acceptors (Lipinski definition) is 3. The second-order valence-electron chi connectivity index (χ2n) is 5.67. The summed E-state index contributed by atoms with van der Waals surface area (Å²) in [5, 5.41) is 5.89. The molecule has 5 nitrogen and oxygen atoms in total. The lowest BCUT2D eigenvalue weighted by atomic mass is 9.95. The normalized spacial score (nSPS) is 22.3. The molecule has 1 saturated heterocycles. The fourth-order valence-corrected chi connectivity index (χ4v) is 2.78. The summed E-state index contributed by atoms with van der Waals surface area (Å²) < 4.78 is 10.9. The molecule has 5 heteroatoms. The molecule has 22 heavy (non-hydrogen) atoms. The molecule has 0 radical (unpaired) electrons. The first kappa shape index (κ1) is 16.8. The van der Waals surface area contributed by atoms with Gasteiger partial charge in [0.1, 0.15) is 0 Å². The van der Waals surface area contributed by atoms with Crippen molar-refractivity contribution < 1.29 is 14.3 Å². The van der Waals surface area contributed by atoms with Crippen molar-refractivity contribution in [3.63, 3.8) is 0 Å². The molecule has 1 aliphatic heterocycles. The predicted octanol–water partition coefficient (Wildman–Crippen LogP) is 2.49. The Morgan fingerprint density at radius 3 is 2.86 bits per heavy atom. The molecule has 1 aliphatic rings. The number of ether oxygens (including phenoxy) is 2. The van der Waals surface area contributed by atoms with Gasteiger partial charge in [-0.3, -0.25) is 0 Å². The molecule has 2 amide bonds. The SMILES string of the molecule is CCC(COC)NC(=O)NC[C@H]1CCO[C@@H]1c1ccccc1. The number of carbonyl (C=O) groups excluding carboxylic acids is 1. The number of rotatable bonds is 7. The third-order valence-electron chi connectivity index (χ3n) is 4.06. The molecular formula is C17H26N2O3. The van der Waals surface area contributed by atoms with Crippen molar-refractivity contribution in [1.82, 2.24) is 10.6 Å². The largest absolute Gasteiger partial charge is 0.383 e. The van der Waals surface area contributed by atoms with Crippen LogP contribution in [-0.2, 0) is 9.47 Å². The first-order valence-electron chi connectivity index (χ1n) is 7.94. The molecule has 0 aromatic heterocycles. The van der Waals surface area contributed by atoms with Crippen molar-refractivity contribution >= 4 is 6.03 Å². The third-order valence-corrected chi connectivity index (χ3v) is 4.06.